The Morgan fingerprint density at radius 2 is 1.00 bits per heavy atom. The second-order valence-electron chi connectivity index (χ2n) is 9.26. The maximum atomic E-state index is 12.5. The minimum Gasteiger partial charge on any atom is -0.549 e. The number of carbonyl (C=O) groups excluding carboxylic acids is 3. The van der Waals surface area contributed by atoms with Crippen LogP contribution >= 0.6 is 0 Å². The van der Waals surface area contributed by atoms with Crippen LogP contribution in [0.3, 0.4) is 0 Å². The Balaban J connectivity index is -0.00000544. The maximum Gasteiger partial charge on any atom is 1.00 e. The number of nitrogens with zero attached hydrogens (tertiary/aromatic N) is 2. The van der Waals surface area contributed by atoms with Gasteiger partial charge in [-0.15, -0.1) is 0 Å². The van der Waals surface area contributed by atoms with Crippen molar-refractivity contribution in [3.8, 4) is 0 Å². The largest absolute Gasteiger partial charge is 1.00 e. The quantitative estimate of drug-likeness (QED) is 0.0940. The summed E-state index contributed by atoms with van der Waals surface area (Å²) < 4.78 is 0. The van der Waals surface area contributed by atoms with Gasteiger partial charge in [0, 0.05) is 39.1 Å². The SMILES string of the molecule is CCCCCCCCCCCCCCCCCC(=O)N(CCO)CCN(CC(=O)[O-])CC(=O)[O-].[Na+].[Na+]. The number of hydrogen-bond donors (Lipinski definition) is 1. The maximum absolute atomic E-state index is 12.5. The number of carboxylic acid groups (broad SMARTS) is 2. The molecular formula is C26H48N2Na2O6. The number of carbonyl (C=O) groups is 3. The van der Waals surface area contributed by atoms with Gasteiger partial charge in [0.1, 0.15) is 0 Å². The molecule has 1 amide bonds. The fraction of sp³-hybridized carbons (Fsp3) is 0.885. The van der Waals surface area contributed by atoms with Gasteiger partial charge in [0.15, 0.2) is 0 Å². The van der Waals surface area contributed by atoms with Gasteiger partial charge in [-0.2, -0.15) is 0 Å². The summed E-state index contributed by atoms with van der Waals surface area (Å²) in [6.07, 6.45) is 19.2. The van der Waals surface area contributed by atoms with Crippen molar-refractivity contribution in [2.45, 2.75) is 110 Å². The monoisotopic (exact) mass is 530 g/mol. The third-order valence-electron chi connectivity index (χ3n) is 6.11. The first-order valence-electron chi connectivity index (χ1n) is 13.4. The van der Waals surface area contributed by atoms with Gasteiger partial charge in [0.2, 0.25) is 5.91 Å². The van der Waals surface area contributed by atoms with Crippen LogP contribution in [0.15, 0.2) is 0 Å². The number of aliphatic hydroxyl groups excluding tert-OH is 1. The Kier molecular flexibility index (Phi) is 33.9. The molecule has 0 aliphatic carbocycles. The van der Waals surface area contributed by atoms with Gasteiger partial charge in [-0.25, -0.2) is 0 Å². The molecule has 200 valence electrons. The van der Waals surface area contributed by atoms with Crippen molar-refractivity contribution in [1.82, 2.24) is 9.80 Å². The summed E-state index contributed by atoms with van der Waals surface area (Å²) in [6, 6.07) is 0. The van der Waals surface area contributed by atoms with Crippen molar-refractivity contribution >= 4 is 17.8 Å². The summed E-state index contributed by atoms with van der Waals surface area (Å²) in [7, 11) is 0. The minimum absolute atomic E-state index is 0. The van der Waals surface area contributed by atoms with Crippen LogP contribution in [0.5, 0.6) is 0 Å². The zero-order chi connectivity index (χ0) is 25.4. The molecule has 8 nitrogen and oxygen atoms in total. The Bertz CT molecular complexity index is 525. The zero-order valence-electron chi connectivity index (χ0n) is 23.4. The van der Waals surface area contributed by atoms with Crippen molar-refractivity contribution in [3.63, 3.8) is 0 Å². The van der Waals surface area contributed by atoms with E-state index < -0.39 is 25.0 Å². The molecule has 0 rings (SSSR count). The summed E-state index contributed by atoms with van der Waals surface area (Å²) in [5.41, 5.74) is 0. The van der Waals surface area contributed by atoms with E-state index in [0.717, 1.165) is 24.2 Å². The number of unbranched alkanes of at least 4 members (excludes halogenated alkanes) is 14. The Morgan fingerprint density at radius 3 is 1.36 bits per heavy atom. The molecule has 0 atom stereocenters. The number of carboxylic acids is 2. The second kappa shape index (κ2) is 29.9. The Morgan fingerprint density at radius 1 is 0.611 bits per heavy atom. The molecule has 0 aromatic rings. The third kappa shape index (κ3) is 27.4. The molecule has 0 aliphatic heterocycles. The van der Waals surface area contributed by atoms with Gasteiger partial charge in [-0.3, -0.25) is 9.69 Å². The van der Waals surface area contributed by atoms with Crippen LogP contribution in [0, 0.1) is 0 Å². The molecule has 10 heteroatoms. The van der Waals surface area contributed by atoms with Crippen molar-refractivity contribution in [2.75, 3.05) is 39.3 Å². The van der Waals surface area contributed by atoms with Gasteiger partial charge in [-0.05, 0) is 6.42 Å². The number of rotatable bonds is 25. The van der Waals surface area contributed by atoms with Crippen molar-refractivity contribution in [2.24, 2.45) is 0 Å². The number of hydrogen-bond acceptors (Lipinski definition) is 7. The molecule has 0 spiro atoms. The number of aliphatic hydroxyl groups is 1. The first-order valence-corrected chi connectivity index (χ1v) is 13.4. The molecule has 0 unspecified atom stereocenters. The van der Waals surface area contributed by atoms with Crippen LogP contribution in [-0.2, 0) is 14.4 Å². The average molecular weight is 531 g/mol. The van der Waals surface area contributed by atoms with E-state index in [0.29, 0.717) is 6.42 Å². The molecule has 0 bridgehead atoms. The van der Waals surface area contributed by atoms with Crippen LogP contribution in [0.25, 0.3) is 0 Å². The van der Waals surface area contributed by atoms with Crippen molar-refractivity contribution in [1.29, 1.82) is 0 Å². The molecule has 0 saturated carbocycles. The summed E-state index contributed by atoms with van der Waals surface area (Å²) in [5, 5.41) is 30.8. The van der Waals surface area contributed by atoms with E-state index in [2.05, 4.69) is 6.92 Å². The Hall–Kier alpha value is 0.330. The Labute approximate surface area is 263 Å². The van der Waals surface area contributed by atoms with E-state index in [9.17, 15) is 29.7 Å². The summed E-state index contributed by atoms with van der Waals surface area (Å²) in [5.74, 6) is -2.89. The molecule has 0 aliphatic rings. The van der Waals surface area contributed by atoms with E-state index in [-0.39, 0.29) is 91.3 Å². The predicted molar refractivity (Wildman–Crippen MR) is 130 cm³/mol. The summed E-state index contributed by atoms with van der Waals surface area (Å²) >= 11 is 0. The summed E-state index contributed by atoms with van der Waals surface area (Å²) in [6.45, 7) is 1.31. The zero-order valence-corrected chi connectivity index (χ0v) is 27.4. The topological polar surface area (TPSA) is 124 Å². The van der Waals surface area contributed by atoms with Crippen molar-refractivity contribution in [3.05, 3.63) is 0 Å². The van der Waals surface area contributed by atoms with E-state index in [1.165, 1.54) is 81.9 Å². The van der Waals surface area contributed by atoms with E-state index in [1.807, 2.05) is 0 Å². The fourth-order valence-electron chi connectivity index (χ4n) is 4.13. The van der Waals surface area contributed by atoms with Crippen molar-refractivity contribution < 1.29 is 88.8 Å². The minimum atomic E-state index is -1.39. The smallest absolute Gasteiger partial charge is 0.549 e. The van der Waals surface area contributed by atoms with Crippen LogP contribution in [-0.4, -0.2) is 72.1 Å². The van der Waals surface area contributed by atoms with Gasteiger partial charge in [0.25, 0.3) is 0 Å². The molecule has 0 aromatic heterocycles. The normalized spacial score (nSPS) is 10.5. The van der Waals surface area contributed by atoms with E-state index >= 15 is 0 Å². The summed E-state index contributed by atoms with van der Waals surface area (Å²) in [4.78, 5) is 36.6. The van der Waals surface area contributed by atoms with E-state index in [1.54, 1.807) is 0 Å². The molecule has 1 N–H and O–H groups in total. The molecular weight excluding hydrogens is 482 g/mol. The second-order valence-corrected chi connectivity index (χ2v) is 9.26. The first kappa shape index (κ1) is 40.8. The van der Waals surface area contributed by atoms with Gasteiger partial charge in [0.05, 0.1) is 18.5 Å². The standard InChI is InChI=1S/C26H50N2O6.2Na/c1-2-3-4-5-6-7-8-9-10-11-12-13-14-15-16-17-24(30)28(20-21-29)19-18-27(22-25(31)32)23-26(33)34;;/h29H,2-23H2,1H3,(H,31,32)(H,33,34);;/q;2*+1/p-2. The fourth-order valence-corrected chi connectivity index (χ4v) is 4.13. The van der Waals surface area contributed by atoms with Gasteiger partial charge in [-0.1, -0.05) is 96.8 Å². The molecule has 0 fully saturated rings. The van der Waals surface area contributed by atoms with E-state index in [4.69, 9.17) is 0 Å². The third-order valence-corrected chi connectivity index (χ3v) is 6.11. The molecule has 0 saturated heterocycles. The molecule has 36 heavy (non-hydrogen) atoms. The molecule has 0 heterocycles. The predicted octanol–water partition coefficient (Wildman–Crippen LogP) is -4.12. The van der Waals surface area contributed by atoms with Crippen LogP contribution < -0.4 is 69.3 Å². The number of amides is 1. The number of aliphatic carboxylic acids is 2. The van der Waals surface area contributed by atoms with Crippen LogP contribution in [0.4, 0.5) is 0 Å². The van der Waals surface area contributed by atoms with Crippen LogP contribution in [0.2, 0.25) is 0 Å². The van der Waals surface area contributed by atoms with Gasteiger partial charge >= 0.3 is 59.1 Å². The first-order chi connectivity index (χ1) is 16.4. The molecule has 0 aromatic carbocycles. The average Bonchev–Trinajstić information content (AvgIpc) is 2.78. The van der Waals surface area contributed by atoms with Crippen LogP contribution in [0.1, 0.15) is 110 Å². The molecule has 0 radical (unpaired) electrons. The van der Waals surface area contributed by atoms with Gasteiger partial charge < -0.3 is 29.8 Å².